The number of rotatable bonds is 6. The topological polar surface area (TPSA) is 43.1 Å². The maximum absolute atomic E-state index is 10.5. The lowest BCUT2D eigenvalue weighted by Crippen LogP contribution is -1.96. The summed E-state index contributed by atoms with van der Waals surface area (Å²) >= 11 is 3.59. The molecule has 1 rings (SSSR count). The molecule has 1 aromatic rings. The minimum Gasteiger partial charge on any atom is -0.258 e. The largest absolute Gasteiger partial charge is 0.269 e. The summed E-state index contributed by atoms with van der Waals surface area (Å²) in [6.45, 7) is 2.16. The van der Waals surface area contributed by atoms with Gasteiger partial charge in [-0.2, -0.15) is 0 Å². The van der Waals surface area contributed by atoms with Crippen LogP contribution >= 0.6 is 15.9 Å². The average molecular weight is 286 g/mol. The van der Waals surface area contributed by atoms with Crippen LogP contribution in [0.25, 0.3) is 0 Å². The van der Waals surface area contributed by atoms with Crippen LogP contribution in [0, 0.1) is 10.1 Å². The van der Waals surface area contributed by atoms with E-state index in [-0.39, 0.29) is 10.6 Å². The summed E-state index contributed by atoms with van der Waals surface area (Å²) in [6.07, 6.45) is 4.38. The van der Waals surface area contributed by atoms with Gasteiger partial charge in [-0.05, 0) is 31.2 Å². The first-order valence-electron chi connectivity index (χ1n) is 5.51. The van der Waals surface area contributed by atoms with Crippen LogP contribution in [0.1, 0.15) is 31.7 Å². The third-order valence-electron chi connectivity index (χ3n) is 2.57. The number of non-ortho nitro benzene ring substituents is 1. The molecule has 1 unspecified atom stereocenters. The van der Waals surface area contributed by atoms with Crippen LogP contribution in [0.5, 0.6) is 0 Å². The molecule has 1 aromatic carbocycles. The van der Waals surface area contributed by atoms with Gasteiger partial charge >= 0.3 is 0 Å². The van der Waals surface area contributed by atoms with Gasteiger partial charge in [0.2, 0.25) is 0 Å². The van der Waals surface area contributed by atoms with Crippen LogP contribution in [-0.2, 0) is 6.42 Å². The van der Waals surface area contributed by atoms with Crippen molar-refractivity contribution in [2.45, 2.75) is 37.4 Å². The Bertz CT molecular complexity index is 337. The van der Waals surface area contributed by atoms with Crippen molar-refractivity contribution in [3.05, 3.63) is 39.9 Å². The summed E-state index contributed by atoms with van der Waals surface area (Å²) in [4.78, 5) is 10.7. The molecule has 0 aliphatic rings. The fourth-order valence-electron chi connectivity index (χ4n) is 1.52. The highest BCUT2D eigenvalue weighted by Crippen LogP contribution is 2.16. The molecule has 0 N–H and O–H groups in total. The Balaban J connectivity index is 2.40. The van der Waals surface area contributed by atoms with Crippen molar-refractivity contribution in [1.82, 2.24) is 0 Å². The van der Waals surface area contributed by atoms with Crippen molar-refractivity contribution in [2.24, 2.45) is 0 Å². The molecule has 3 nitrogen and oxygen atoms in total. The van der Waals surface area contributed by atoms with E-state index in [9.17, 15) is 10.1 Å². The summed E-state index contributed by atoms with van der Waals surface area (Å²) in [5, 5.41) is 10.5. The number of alkyl halides is 1. The van der Waals surface area contributed by atoms with Crippen molar-refractivity contribution in [3.63, 3.8) is 0 Å². The third kappa shape index (κ3) is 4.31. The van der Waals surface area contributed by atoms with Gasteiger partial charge in [0.15, 0.2) is 0 Å². The SMILES string of the molecule is CCC(Br)CCCc1ccc([N+](=O)[O-])cc1. The molecule has 88 valence electrons. The molecule has 1 atom stereocenters. The molecule has 0 fully saturated rings. The van der Waals surface area contributed by atoms with E-state index in [1.807, 2.05) is 12.1 Å². The van der Waals surface area contributed by atoms with Crippen molar-refractivity contribution < 1.29 is 4.92 Å². The predicted octanol–water partition coefficient (Wildman–Crippen LogP) is 4.09. The smallest absolute Gasteiger partial charge is 0.258 e. The van der Waals surface area contributed by atoms with Crippen LogP contribution in [0.4, 0.5) is 5.69 Å². The number of halogens is 1. The number of hydrogen-bond donors (Lipinski definition) is 0. The Morgan fingerprint density at radius 2 is 2.00 bits per heavy atom. The van der Waals surface area contributed by atoms with E-state index in [1.165, 1.54) is 5.56 Å². The maximum Gasteiger partial charge on any atom is 0.269 e. The van der Waals surface area contributed by atoms with Gasteiger partial charge in [0.25, 0.3) is 5.69 Å². The molecule has 4 heteroatoms. The Hall–Kier alpha value is -0.900. The minimum absolute atomic E-state index is 0.163. The summed E-state index contributed by atoms with van der Waals surface area (Å²) in [5.74, 6) is 0. The van der Waals surface area contributed by atoms with Crippen molar-refractivity contribution in [1.29, 1.82) is 0 Å². The lowest BCUT2D eigenvalue weighted by Gasteiger charge is -2.05. The fraction of sp³-hybridized carbons (Fsp3) is 0.500. The van der Waals surface area contributed by atoms with Crippen LogP contribution in [0.2, 0.25) is 0 Å². The highest BCUT2D eigenvalue weighted by molar-refractivity contribution is 9.09. The van der Waals surface area contributed by atoms with Crippen LogP contribution in [0.3, 0.4) is 0 Å². The highest BCUT2D eigenvalue weighted by Gasteiger charge is 2.04. The maximum atomic E-state index is 10.5. The normalized spacial score (nSPS) is 12.4. The second-order valence-corrected chi connectivity index (χ2v) is 5.12. The molecule has 0 saturated heterocycles. The molecule has 0 aromatic heterocycles. The molecular formula is C12H16BrNO2. The lowest BCUT2D eigenvalue weighted by molar-refractivity contribution is -0.384. The molecule has 0 radical (unpaired) electrons. The quantitative estimate of drug-likeness (QED) is 0.449. The molecule has 0 amide bonds. The van der Waals surface area contributed by atoms with Gasteiger partial charge in [0.1, 0.15) is 0 Å². The standard InChI is InChI=1S/C12H16BrNO2/c1-2-11(13)5-3-4-10-6-8-12(9-7-10)14(15)16/h6-9,11H,2-5H2,1H3. The van der Waals surface area contributed by atoms with Gasteiger partial charge in [0.05, 0.1) is 4.92 Å². The highest BCUT2D eigenvalue weighted by atomic mass is 79.9. The Kier molecular flexibility index (Phi) is 5.46. The predicted molar refractivity (Wildman–Crippen MR) is 69.0 cm³/mol. The van der Waals surface area contributed by atoms with E-state index in [1.54, 1.807) is 12.1 Å². The van der Waals surface area contributed by atoms with Gasteiger partial charge in [-0.25, -0.2) is 0 Å². The zero-order valence-electron chi connectivity index (χ0n) is 9.36. The second kappa shape index (κ2) is 6.63. The summed E-state index contributed by atoms with van der Waals surface area (Å²) in [5.41, 5.74) is 1.33. The van der Waals surface area contributed by atoms with Gasteiger partial charge in [0, 0.05) is 17.0 Å². The van der Waals surface area contributed by atoms with Crippen molar-refractivity contribution >= 4 is 21.6 Å². The van der Waals surface area contributed by atoms with E-state index >= 15 is 0 Å². The van der Waals surface area contributed by atoms with Crippen LogP contribution in [-0.4, -0.2) is 9.75 Å². The lowest BCUT2D eigenvalue weighted by atomic mass is 10.1. The van der Waals surface area contributed by atoms with Gasteiger partial charge in [-0.15, -0.1) is 0 Å². The molecular weight excluding hydrogens is 270 g/mol. The Labute approximate surface area is 104 Å². The van der Waals surface area contributed by atoms with Gasteiger partial charge in [-0.1, -0.05) is 35.0 Å². The number of hydrogen-bond acceptors (Lipinski definition) is 2. The number of aryl methyl sites for hydroxylation is 1. The van der Waals surface area contributed by atoms with Crippen LogP contribution < -0.4 is 0 Å². The summed E-state index contributed by atoms with van der Waals surface area (Å²) in [6, 6.07) is 6.82. The average Bonchev–Trinajstić information content (AvgIpc) is 2.29. The van der Waals surface area contributed by atoms with E-state index in [2.05, 4.69) is 22.9 Å². The first-order valence-corrected chi connectivity index (χ1v) is 6.42. The van der Waals surface area contributed by atoms with E-state index < -0.39 is 0 Å². The summed E-state index contributed by atoms with van der Waals surface area (Å²) < 4.78 is 0. The summed E-state index contributed by atoms with van der Waals surface area (Å²) in [7, 11) is 0. The number of nitro groups is 1. The van der Waals surface area contributed by atoms with Crippen molar-refractivity contribution in [3.8, 4) is 0 Å². The minimum atomic E-state index is -0.366. The molecule has 0 bridgehead atoms. The zero-order chi connectivity index (χ0) is 12.0. The van der Waals surface area contributed by atoms with Crippen LogP contribution in [0.15, 0.2) is 24.3 Å². The van der Waals surface area contributed by atoms with Crippen molar-refractivity contribution in [2.75, 3.05) is 0 Å². The van der Waals surface area contributed by atoms with E-state index in [0.717, 1.165) is 25.7 Å². The fourth-order valence-corrected chi connectivity index (χ4v) is 1.84. The Morgan fingerprint density at radius 1 is 1.38 bits per heavy atom. The number of benzene rings is 1. The van der Waals surface area contributed by atoms with Gasteiger partial charge in [-0.3, -0.25) is 10.1 Å². The molecule has 0 aliphatic heterocycles. The first-order chi connectivity index (χ1) is 7.63. The molecule has 0 heterocycles. The number of nitrogens with zero attached hydrogens (tertiary/aromatic N) is 1. The molecule has 16 heavy (non-hydrogen) atoms. The van der Waals surface area contributed by atoms with E-state index in [4.69, 9.17) is 0 Å². The molecule has 0 aliphatic carbocycles. The molecule has 0 spiro atoms. The second-order valence-electron chi connectivity index (χ2n) is 3.82. The Morgan fingerprint density at radius 3 is 2.50 bits per heavy atom. The number of nitro benzene ring substituents is 1. The first kappa shape index (κ1) is 13.2. The third-order valence-corrected chi connectivity index (χ3v) is 3.68. The van der Waals surface area contributed by atoms with E-state index in [0.29, 0.717) is 4.83 Å². The molecule has 0 saturated carbocycles. The zero-order valence-corrected chi connectivity index (χ0v) is 10.9. The monoisotopic (exact) mass is 285 g/mol. The van der Waals surface area contributed by atoms with Gasteiger partial charge < -0.3 is 0 Å².